The molecular weight excluding hydrogens is 358 g/mol. The van der Waals surface area contributed by atoms with Crippen molar-refractivity contribution in [2.24, 2.45) is 0 Å². The molecule has 0 aliphatic rings. The maximum absolute atomic E-state index is 9.76. The van der Waals surface area contributed by atoms with Crippen molar-refractivity contribution in [3.63, 3.8) is 0 Å². The van der Waals surface area contributed by atoms with Gasteiger partial charge in [-0.1, -0.05) is 61.5 Å². The minimum absolute atomic E-state index is 0.207. The van der Waals surface area contributed by atoms with E-state index in [-0.39, 0.29) is 5.92 Å². The molecule has 0 saturated carbocycles. The van der Waals surface area contributed by atoms with Crippen LogP contribution in [0.3, 0.4) is 0 Å². The highest BCUT2D eigenvalue weighted by molar-refractivity contribution is 5.41. The molecule has 3 aromatic rings. The van der Waals surface area contributed by atoms with Crippen molar-refractivity contribution >= 4 is 0 Å². The number of aromatic hydroxyl groups is 1. The van der Waals surface area contributed by atoms with Crippen LogP contribution in [0.15, 0.2) is 78.9 Å². The van der Waals surface area contributed by atoms with Gasteiger partial charge >= 0.3 is 0 Å². The highest BCUT2D eigenvalue weighted by atomic mass is 16.5. The molecule has 3 nitrogen and oxygen atoms in total. The third-order valence-electron chi connectivity index (χ3n) is 5.37. The molecular formula is C26H31NO2. The molecule has 3 aromatic carbocycles. The lowest BCUT2D eigenvalue weighted by molar-refractivity contribution is 0.261. The molecule has 1 N–H and O–H groups in total. The van der Waals surface area contributed by atoms with Gasteiger partial charge in [-0.3, -0.25) is 0 Å². The zero-order valence-corrected chi connectivity index (χ0v) is 17.6. The monoisotopic (exact) mass is 389 g/mol. The molecule has 152 valence electrons. The SMILES string of the molecule is CC[C@H](c1ccccc1)[C@H](c1ccc(O)cc1)c1ccc(OCCN(C)C)cc1. The van der Waals surface area contributed by atoms with Crippen molar-refractivity contribution in [2.45, 2.75) is 25.2 Å². The van der Waals surface area contributed by atoms with E-state index in [1.807, 2.05) is 26.2 Å². The van der Waals surface area contributed by atoms with Gasteiger partial charge in [0.1, 0.15) is 18.1 Å². The second kappa shape index (κ2) is 10.1. The molecule has 0 aliphatic heterocycles. The third kappa shape index (κ3) is 5.61. The van der Waals surface area contributed by atoms with Gasteiger partial charge in [-0.2, -0.15) is 0 Å². The summed E-state index contributed by atoms with van der Waals surface area (Å²) in [6.07, 6.45) is 1.02. The Morgan fingerprint density at radius 2 is 1.38 bits per heavy atom. The molecule has 29 heavy (non-hydrogen) atoms. The fraction of sp³-hybridized carbons (Fsp3) is 0.308. The summed E-state index contributed by atoms with van der Waals surface area (Å²) >= 11 is 0. The van der Waals surface area contributed by atoms with Crippen molar-refractivity contribution < 1.29 is 9.84 Å². The minimum Gasteiger partial charge on any atom is -0.508 e. The van der Waals surface area contributed by atoms with Gasteiger partial charge in [0.2, 0.25) is 0 Å². The molecule has 0 saturated heterocycles. The van der Waals surface area contributed by atoms with E-state index in [4.69, 9.17) is 4.74 Å². The van der Waals surface area contributed by atoms with Crippen molar-refractivity contribution in [1.29, 1.82) is 0 Å². The normalized spacial score (nSPS) is 13.2. The first-order valence-electron chi connectivity index (χ1n) is 10.3. The highest BCUT2D eigenvalue weighted by Crippen LogP contribution is 2.41. The van der Waals surface area contributed by atoms with Gasteiger partial charge in [0.05, 0.1) is 0 Å². The van der Waals surface area contributed by atoms with Gasteiger partial charge in [0.25, 0.3) is 0 Å². The second-order valence-electron chi connectivity index (χ2n) is 7.72. The number of ether oxygens (including phenoxy) is 1. The van der Waals surface area contributed by atoms with Gasteiger partial charge in [0.15, 0.2) is 0 Å². The largest absolute Gasteiger partial charge is 0.508 e. The van der Waals surface area contributed by atoms with Crippen LogP contribution >= 0.6 is 0 Å². The molecule has 0 heterocycles. The van der Waals surface area contributed by atoms with Crippen LogP contribution in [0.1, 0.15) is 41.9 Å². The second-order valence-corrected chi connectivity index (χ2v) is 7.72. The number of hydrogen-bond acceptors (Lipinski definition) is 3. The first kappa shape index (κ1) is 20.9. The van der Waals surface area contributed by atoms with Gasteiger partial charge in [-0.15, -0.1) is 0 Å². The molecule has 0 spiro atoms. The van der Waals surface area contributed by atoms with Crippen LogP contribution in [0.4, 0.5) is 0 Å². The Bertz CT molecular complexity index is 857. The Kier molecular flexibility index (Phi) is 7.31. The molecule has 0 fully saturated rings. The topological polar surface area (TPSA) is 32.7 Å². The van der Waals surface area contributed by atoms with E-state index in [1.54, 1.807) is 12.1 Å². The average molecular weight is 390 g/mol. The highest BCUT2D eigenvalue weighted by Gasteiger charge is 2.25. The number of nitrogens with zero attached hydrogens (tertiary/aromatic N) is 1. The van der Waals surface area contributed by atoms with E-state index in [2.05, 4.69) is 66.4 Å². The molecule has 0 bridgehead atoms. The first-order valence-corrected chi connectivity index (χ1v) is 10.3. The standard InChI is InChI=1S/C26H31NO2/c1-4-25(20-8-6-5-7-9-20)26(21-10-14-23(28)15-11-21)22-12-16-24(17-13-22)29-19-18-27(2)3/h5-17,25-26,28H,4,18-19H2,1-3H3/t25-,26-/m1/s1. The van der Waals surface area contributed by atoms with Gasteiger partial charge in [0, 0.05) is 12.5 Å². The molecule has 0 unspecified atom stereocenters. The van der Waals surface area contributed by atoms with Crippen molar-refractivity contribution in [3.8, 4) is 11.5 Å². The number of hydrogen-bond donors (Lipinski definition) is 1. The Hall–Kier alpha value is -2.78. The summed E-state index contributed by atoms with van der Waals surface area (Å²) in [4.78, 5) is 2.11. The lowest BCUT2D eigenvalue weighted by Gasteiger charge is -2.28. The van der Waals surface area contributed by atoms with Crippen LogP contribution in [-0.2, 0) is 0 Å². The van der Waals surface area contributed by atoms with E-state index in [0.29, 0.717) is 18.3 Å². The van der Waals surface area contributed by atoms with Crippen LogP contribution in [0.5, 0.6) is 11.5 Å². The Balaban J connectivity index is 1.91. The van der Waals surface area contributed by atoms with E-state index < -0.39 is 0 Å². The molecule has 2 atom stereocenters. The molecule has 3 rings (SSSR count). The fourth-order valence-corrected chi connectivity index (χ4v) is 3.82. The van der Waals surface area contributed by atoms with Gasteiger partial charge in [-0.05, 0) is 67.4 Å². The Labute approximate surface area is 174 Å². The van der Waals surface area contributed by atoms with Gasteiger partial charge in [-0.25, -0.2) is 0 Å². The van der Waals surface area contributed by atoms with Gasteiger partial charge < -0.3 is 14.7 Å². The number of rotatable bonds is 9. The lowest BCUT2D eigenvalue weighted by Crippen LogP contribution is -2.19. The quantitative estimate of drug-likeness (QED) is 0.513. The average Bonchev–Trinajstić information content (AvgIpc) is 2.74. The number of phenols is 1. The molecule has 0 amide bonds. The molecule has 3 heteroatoms. The summed E-state index contributed by atoms with van der Waals surface area (Å²) in [7, 11) is 4.09. The van der Waals surface area contributed by atoms with Crippen molar-refractivity contribution in [3.05, 3.63) is 95.6 Å². The molecule has 0 aliphatic carbocycles. The fourth-order valence-electron chi connectivity index (χ4n) is 3.82. The number of likely N-dealkylation sites (N-methyl/N-ethyl adjacent to an activating group) is 1. The van der Waals surface area contributed by atoms with Crippen LogP contribution in [0.2, 0.25) is 0 Å². The predicted octanol–water partition coefficient (Wildman–Crippen LogP) is 5.66. The molecule has 0 radical (unpaired) electrons. The summed E-state index contributed by atoms with van der Waals surface area (Å²) in [5, 5.41) is 9.76. The third-order valence-corrected chi connectivity index (χ3v) is 5.37. The molecule has 0 aromatic heterocycles. The maximum atomic E-state index is 9.76. The summed E-state index contributed by atoms with van der Waals surface area (Å²) in [5.41, 5.74) is 3.80. The Morgan fingerprint density at radius 3 is 1.93 bits per heavy atom. The predicted molar refractivity (Wildman–Crippen MR) is 120 cm³/mol. The van der Waals surface area contributed by atoms with E-state index in [9.17, 15) is 5.11 Å². The summed E-state index contributed by atoms with van der Waals surface area (Å²) in [5.74, 6) is 1.75. The zero-order valence-electron chi connectivity index (χ0n) is 17.6. The van der Waals surface area contributed by atoms with Crippen LogP contribution in [0.25, 0.3) is 0 Å². The first-order chi connectivity index (χ1) is 14.1. The minimum atomic E-state index is 0.207. The van der Waals surface area contributed by atoms with E-state index in [0.717, 1.165) is 18.7 Å². The van der Waals surface area contributed by atoms with Crippen LogP contribution < -0.4 is 4.74 Å². The maximum Gasteiger partial charge on any atom is 0.119 e. The lowest BCUT2D eigenvalue weighted by atomic mass is 9.76. The summed E-state index contributed by atoms with van der Waals surface area (Å²) in [6.45, 7) is 3.81. The Morgan fingerprint density at radius 1 is 0.793 bits per heavy atom. The van der Waals surface area contributed by atoms with E-state index in [1.165, 1.54) is 16.7 Å². The number of benzene rings is 3. The summed E-state index contributed by atoms with van der Waals surface area (Å²) < 4.78 is 5.87. The summed E-state index contributed by atoms with van der Waals surface area (Å²) in [6, 6.07) is 26.8. The smallest absolute Gasteiger partial charge is 0.119 e. The van der Waals surface area contributed by atoms with Crippen LogP contribution in [-0.4, -0.2) is 37.3 Å². The van der Waals surface area contributed by atoms with E-state index >= 15 is 0 Å². The number of phenolic OH excluding ortho intramolecular Hbond substituents is 1. The van der Waals surface area contributed by atoms with Crippen molar-refractivity contribution in [2.75, 3.05) is 27.2 Å². The zero-order chi connectivity index (χ0) is 20.6. The van der Waals surface area contributed by atoms with Crippen LogP contribution in [0, 0.1) is 0 Å². The van der Waals surface area contributed by atoms with Crippen molar-refractivity contribution in [1.82, 2.24) is 4.90 Å².